The van der Waals surface area contributed by atoms with E-state index in [1.807, 2.05) is 7.05 Å². The van der Waals surface area contributed by atoms with Crippen LogP contribution in [0.4, 0.5) is 0 Å². The zero-order chi connectivity index (χ0) is 10.6. The Morgan fingerprint density at radius 2 is 1.86 bits per heavy atom. The maximum absolute atomic E-state index is 3.31. The lowest BCUT2D eigenvalue weighted by molar-refractivity contribution is 0.0992. The lowest BCUT2D eigenvalue weighted by atomic mass is 9.97. The first-order valence-corrected chi connectivity index (χ1v) is 6.08. The van der Waals surface area contributed by atoms with Gasteiger partial charge in [0.15, 0.2) is 0 Å². The summed E-state index contributed by atoms with van der Waals surface area (Å²) in [5.74, 6) is 0. The standard InChI is InChI=1S/C12H26N2/c1-10(13-4)8-9-14-11(2)6-5-7-12(14)3/h10-13H,5-9H2,1-4H3. The molecule has 0 aliphatic carbocycles. The molecule has 3 atom stereocenters. The van der Waals surface area contributed by atoms with Crippen LogP contribution < -0.4 is 5.32 Å². The Kier molecular flexibility index (Phi) is 4.90. The highest BCUT2D eigenvalue weighted by Crippen LogP contribution is 2.22. The number of hydrogen-bond donors (Lipinski definition) is 1. The third kappa shape index (κ3) is 3.25. The largest absolute Gasteiger partial charge is 0.317 e. The topological polar surface area (TPSA) is 15.3 Å². The highest BCUT2D eigenvalue weighted by molar-refractivity contribution is 4.80. The van der Waals surface area contributed by atoms with Crippen molar-refractivity contribution in [1.29, 1.82) is 0 Å². The van der Waals surface area contributed by atoms with Gasteiger partial charge in [-0.3, -0.25) is 4.90 Å². The Labute approximate surface area is 89.1 Å². The number of piperidine rings is 1. The number of nitrogens with zero attached hydrogens (tertiary/aromatic N) is 1. The second-order valence-corrected chi connectivity index (χ2v) is 4.85. The molecule has 2 heteroatoms. The molecule has 3 unspecified atom stereocenters. The summed E-state index contributed by atoms with van der Waals surface area (Å²) >= 11 is 0. The third-order valence-corrected chi connectivity index (χ3v) is 3.69. The van der Waals surface area contributed by atoms with Crippen LogP contribution in [0, 0.1) is 0 Å². The molecule has 1 heterocycles. The molecule has 2 nitrogen and oxygen atoms in total. The fraction of sp³-hybridized carbons (Fsp3) is 1.00. The van der Waals surface area contributed by atoms with E-state index in [4.69, 9.17) is 0 Å². The van der Waals surface area contributed by atoms with Gasteiger partial charge >= 0.3 is 0 Å². The van der Waals surface area contributed by atoms with E-state index >= 15 is 0 Å². The van der Waals surface area contributed by atoms with E-state index in [2.05, 4.69) is 31.0 Å². The highest BCUT2D eigenvalue weighted by atomic mass is 15.2. The van der Waals surface area contributed by atoms with Gasteiger partial charge in [-0.15, -0.1) is 0 Å². The Bertz CT molecular complexity index is 148. The van der Waals surface area contributed by atoms with Gasteiger partial charge in [0, 0.05) is 24.7 Å². The van der Waals surface area contributed by atoms with Gasteiger partial charge in [-0.1, -0.05) is 6.42 Å². The zero-order valence-electron chi connectivity index (χ0n) is 10.2. The van der Waals surface area contributed by atoms with E-state index in [1.165, 1.54) is 32.2 Å². The molecular formula is C12H26N2. The van der Waals surface area contributed by atoms with Crippen LogP contribution in [-0.2, 0) is 0 Å². The molecule has 0 saturated carbocycles. The molecule has 1 aliphatic heterocycles. The van der Waals surface area contributed by atoms with Crippen LogP contribution in [0.3, 0.4) is 0 Å². The quantitative estimate of drug-likeness (QED) is 0.745. The normalized spacial score (nSPS) is 31.7. The molecule has 0 amide bonds. The van der Waals surface area contributed by atoms with E-state index < -0.39 is 0 Å². The minimum Gasteiger partial charge on any atom is -0.317 e. The number of nitrogens with one attached hydrogen (secondary N) is 1. The number of rotatable bonds is 4. The summed E-state index contributed by atoms with van der Waals surface area (Å²) in [4.78, 5) is 2.68. The van der Waals surface area contributed by atoms with Crippen LogP contribution in [0.25, 0.3) is 0 Å². The predicted molar refractivity (Wildman–Crippen MR) is 62.6 cm³/mol. The zero-order valence-corrected chi connectivity index (χ0v) is 10.2. The molecule has 0 aromatic rings. The van der Waals surface area contributed by atoms with Crippen LogP contribution in [0.2, 0.25) is 0 Å². The summed E-state index contributed by atoms with van der Waals surface area (Å²) in [6, 6.07) is 2.24. The minimum absolute atomic E-state index is 0.649. The van der Waals surface area contributed by atoms with E-state index in [0.29, 0.717) is 6.04 Å². The van der Waals surface area contributed by atoms with E-state index in [-0.39, 0.29) is 0 Å². The molecule has 0 bridgehead atoms. The lowest BCUT2D eigenvalue weighted by Gasteiger charge is -2.39. The van der Waals surface area contributed by atoms with Gasteiger partial charge in [0.1, 0.15) is 0 Å². The molecule has 1 aliphatic rings. The Morgan fingerprint density at radius 3 is 2.36 bits per heavy atom. The minimum atomic E-state index is 0.649. The fourth-order valence-corrected chi connectivity index (χ4v) is 2.40. The lowest BCUT2D eigenvalue weighted by Crippen LogP contribution is -2.45. The molecule has 1 rings (SSSR count). The molecule has 1 fully saturated rings. The smallest absolute Gasteiger partial charge is 0.00697 e. The monoisotopic (exact) mass is 198 g/mol. The van der Waals surface area contributed by atoms with Gasteiger partial charge in [0.2, 0.25) is 0 Å². The van der Waals surface area contributed by atoms with Crippen LogP contribution in [0.5, 0.6) is 0 Å². The maximum Gasteiger partial charge on any atom is 0.00697 e. The van der Waals surface area contributed by atoms with Crippen LogP contribution in [0.15, 0.2) is 0 Å². The molecule has 1 N–H and O–H groups in total. The van der Waals surface area contributed by atoms with Crippen molar-refractivity contribution in [2.75, 3.05) is 13.6 Å². The van der Waals surface area contributed by atoms with E-state index in [9.17, 15) is 0 Å². The van der Waals surface area contributed by atoms with Crippen molar-refractivity contribution < 1.29 is 0 Å². The summed E-state index contributed by atoms with van der Waals surface area (Å²) in [6.45, 7) is 8.27. The maximum atomic E-state index is 3.31. The molecule has 0 spiro atoms. The SMILES string of the molecule is CNC(C)CCN1C(C)CCCC1C. The second kappa shape index (κ2) is 5.72. The van der Waals surface area contributed by atoms with Crippen LogP contribution in [0.1, 0.15) is 46.5 Å². The van der Waals surface area contributed by atoms with Crippen LogP contribution in [-0.4, -0.2) is 36.6 Å². The first-order valence-electron chi connectivity index (χ1n) is 6.08. The molecule has 84 valence electrons. The summed E-state index contributed by atoms with van der Waals surface area (Å²) in [7, 11) is 2.05. The van der Waals surface area contributed by atoms with Crippen molar-refractivity contribution in [2.24, 2.45) is 0 Å². The summed E-state index contributed by atoms with van der Waals surface area (Å²) in [5.41, 5.74) is 0. The highest BCUT2D eigenvalue weighted by Gasteiger charge is 2.24. The van der Waals surface area contributed by atoms with Gasteiger partial charge in [-0.25, -0.2) is 0 Å². The molecule has 0 aromatic heterocycles. The van der Waals surface area contributed by atoms with Gasteiger partial charge in [0.25, 0.3) is 0 Å². The van der Waals surface area contributed by atoms with E-state index in [1.54, 1.807) is 0 Å². The third-order valence-electron chi connectivity index (χ3n) is 3.69. The van der Waals surface area contributed by atoms with Gasteiger partial charge < -0.3 is 5.32 Å². The predicted octanol–water partition coefficient (Wildman–Crippen LogP) is 2.25. The van der Waals surface area contributed by atoms with Crippen molar-refractivity contribution in [3.8, 4) is 0 Å². The molecule has 0 aromatic carbocycles. The number of hydrogen-bond acceptors (Lipinski definition) is 2. The van der Waals surface area contributed by atoms with Gasteiger partial charge in [-0.05, 0) is 47.1 Å². The summed E-state index contributed by atoms with van der Waals surface area (Å²) in [6.07, 6.45) is 5.46. The molecule has 1 saturated heterocycles. The summed E-state index contributed by atoms with van der Waals surface area (Å²) < 4.78 is 0. The Hall–Kier alpha value is -0.0800. The van der Waals surface area contributed by atoms with Crippen molar-refractivity contribution >= 4 is 0 Å². The second-order valence-electron chi connectivity index (χ2n) is 4.85. The average Bonchev–Trinajstić information content (AvgIpc) is 2.16. The van der Waals surface area contributed by atoms with Crippen molar-refractivity contribution in [1.82, 2.24) is 10.2 Å². The Balaban J connectivity index is 2.32. The number of likely N-dealkylation sites (tertiary alicyclic amines) is 1. The Morgan fingerprint density at radius 1 is 1.29 bits per heavy atom. The van der Waals surface area contributed by atoms with Crippen molar-refractivity contribution in [2.45, 2.75) is 64.6 Å². The van der Waals surface area contributed by atoms with Gasteiger partial charge in [-0.2, -0.15) is 0 Å². The van der Waals surface area contributed by atoms with Gasteiger partial charge in [0.05, 0.1) is 0 Å². The first kappa shape index (κ1) is 12.0. The van der Waals surface area contributed by atoms with Crippen molar-refractivity contribution in [3.63, 3.8) is 0 Å². The first-order chi connectivity index (χ1) is 6.65. The van der Waals surface area contributed by atoms with E-state index in [0.717, 1.165) is 12.1 Å². The molecule has 14 heavy (non-hydrogen) atoms. The summed E-state index contributed by atoms with van der Waals surface area (Å²) in [5, 5.41) is 3.31. The molecule has 0 radical (unpaired) electrons. The molecular weight excluding hydrogens is 172 g/mol. The van der Waals surface area contributed by atoms with Crippen LogP contribution >= 0.6 is 0 Å². The van der Waals surface area contributed by atoms with Crippen molar-refractivity contribution in [3.05, 3.63) is 0 Å². The average molecular weight is 198 g/mol. The fourth-order valence-electron chi connectivity index (χ4n) is 2.40.